The van der Waals surface area contributed by atoms with Gasteiger partial charge >= 0.3 is 0 Å². The highest BCUT2D eigenvalue weighted by atomic mass is 32.2. The third-order valence-corrected chi connectivity index (χ3v) is 4.32. The highest BCUT2D eigenvalue weighted by Gasteiger charge is 2.17. The van der Waals surface area contributed by atoms with E-state index in [0.29, 0.717) is 16.0 Å². The summed E-state index contributed by atoms with van der Waals surface area (Å²) in [6.45, 7) is 5.69. The van der Waals surface area contributed by atoms with Crippen LogP contribution in [-0.4, -0.2) is 26.1 Å². The molecule has 0 saturated heterocycles. The molecule has 0 aliphatic carbocycles. The fraction of sp³-hybridized carbons (Fsp3) is 0.385. The molecule has 2 aromatic heterocycles. The van der Waals surface area contributed by atoms with Crippen molar-refractivity contribution in [3.05, 3.63) is 33.7 Å². The molecule has 2 N–H and O–H groups in total. The van der Waals surface area contributed by atoms with E-state index in [2.05, 4.69) is 20.3 Å². The SMILES string of the molecule is CC(Sc1nc(C(C)C)cc(=O)[nH]1)C(=O)Nc1nccs1. The van der Waals surface area contributed by atoms with E-state index < -0.39 is 0 Å². The predicted octanol–water partition coefficient (Wildman–Crippen LogP) is 2.47. The molecule has 0 aliphatic heterocycles. The number of nitrogens with one attached hydrogen (secondary N) is 2. The number of hydrogen-bond donors (Lipinski definition) is 2. The number of thioether (sulfide) groups is 1. The van der Waals surface area contributed by atoms with Gasteiger partial charge in [-0.1, -0.05) is 25.6 Å². The molecule has 8 heteroatoms. The van der Waals surface area contributed by atoms with Gasteiger partial charge in [0.1, 0.15) is 0 Å². The lowest BCUT2D eigenvalue weighted by molar-refractivity contribution is -0.115. The van der Waals surface area contributed by atoms with Gasteiger partial charge in [-0.05, 0) is 12.8 Å². The maximum absolute atomic E-state index is 12.0. The van der Waals surface area contributed by atoms with Crippen LogP contribution in [0.5, 0.6) is 0 Å². The maximum Gasteiger partial charge on any atom is 0.251 e. The Morgan fingerprint density at radius 2 is 2.19 bits per heavy atom. The van der Waals surface area contributed by atoms with E-state index in [4.69, 9.17) is 0 Å². The largest absolute Gasteiger partial charge is 0.301 e. The first kappa shape index (κ1) is 15.7. The van der Waals surface area contributed by atoms with Crippen LogP contribution in [0.15, 0.2) is 27.6 Å². The van der Waals surface area contributed by atoms with E-state index in [0.717, 1.165) is 0 Å². The summed E-state index contributed by atoms with van der Waals surface area (Å²) in [5.74, 6) is -0.0151. The van der Waals surface area contributed by atoms with Gasteiger partial charge in [0.05, 0.1) is 10.9 Å². The van der Waals surface area contributed by atoms with Crippen LogP contribution in [0.3, 0.4) is 0 Å². The number of amides is 1. The van der Waals surface area contributed by atoms with Crippen LogP contribution in [-0.2, 0) is 4.79 Å². The monoisotopic (exact) mass is 324 g/mol. The number of rotatable bonds is 5. The van der Waals surface area contributed by atoms with E-state index in [1.165, 1.54) is 29.2 Å². The minimum atomic E-state index is -0.389. The summed E-state index contributed by atoms with van der Waals surface area (Å²) in [5, 5.41) is 5.13. The van der Waals surface area contributed by atoms with Crippen LogP contribution in [0.25, 0.3) is 0 Å². The van der Waals surface area contributed by atoms with Gasteiger partial charge < -0.3 is 10.3 Å². The number of carbonyl (C=O) groups excluding carboxylic acids is 1. The van der Waals surface area contributed by atoms with Crippen LogP contribution in [0.2, 0.25) is 0 Å². The third kappa shape index (κ3) is 4.40. The molecule has 1 atom stereocenters. The predicted molar refractivity (Wildman–Crippen MR) is 85.0 cm³/mol. The molecule has 2 aromatic rings. The molecule has 0 bridgehead atoms. The fourth-order valence-electron chi connectivity index (χ4n) is 1.52. The average Bonchev–Trinajstić information content (AvgIpc) is 2.90. The van der Waals surface area contributed by atoms with Crippen molar-refractivity contribution in [2.45, 2.75) is 37.1 Å². The standard InChI is InChI=1S/C13H16N4O2S2/c1-7(2)9-6-10(18)16-13(15-9)21-8(3)11(19)17-12-14-4-5-20-12/h4-8H,1-3H3,(H,14,17,19)(H,15,16,18). The molecular formula is C13H16N4O2S2. The van der Waals surface area contributed by atoms with E-state index >= 15 is 0 Å². The Hall–Kier alpha value is -1.67. The molecule has 0 saturated carbocycles. The zero-order valence-electron chi connectivity index (χ0n) is 11.9. The zero-order chi connectivity index (χ0) is 15.4. The molecule has 1 unspecified atom stereocenters. The highest BCUT2D eigenvalue weighted by molar-refractivity contribution is 8.00. The van der Waals surface area contributed by atoms with E-state index in [1.807, 2.05) is 13.8 Å². The van der Waals surface area contributed by atoms with Gasteiger partial charge in [0.25, 0.3) is 5.56 Å². The van der Waals surface area contributed by atoms with Gasteiger partial charge in [-0.3, -0.25) is 9.59 Å². The van der Waals surface area contributed by atoms with Crippen molar-refractivity contribution in [3.8, 4) is 0 Å². The molecule has 21 heavy (non-hydrogen) atoms. The van der Waals surface area contributed by atoms with Crippen molar-refractivity contribution < 1.29 is 4.79 Å². The van der Waals surface area contributed by atoms with Gasteiger partial charge in [-0.2, -0.15) is 0 Å². The van der Waals surface area contributed by atoms with Crippen LogP contribution < -0.4 is 10.9 Å². The Kier molecular flexibility index (Phi) is 5.13. The van der Waals surface area contributed by atoms with Gasteiger partial charge in [0.15, 0.2) is 10.3 Å². The molecule has 0 radical (unpaired) electrons. The van der Waals surface area contributed by atoms with Crippen LogP contribution >= 0.6 is 23.1 Å². The molecular weight excluding hydrogens is 308 g/mol. The van der Waals surface area contributed by atoms with Crippen molar-refractivity contribution >= 4 is 34.1 Å². The van der Waals surface area contributed by atoms with Crippen LogP contribution in [0, 0.1) is 0 Å². The fourth-order valence-corrected chi connectivity index (χ4v) is 2.87. The lowest BCUT2D eigenvalue weighted by atomic mass is 10.1. The first-order valence-electron chi connectivity index (χ1n) is 6.44. The summed E-state index contributed by atoms with van der Waals surface area (Å²) in [7, 11) is 0. The van der Waals surface area contributed by atoms with Gasteiger partial charge in [-0.15, -0.1) is 11.3 Å². The highest BCUT2D eigenvalue weighted by Crippen LogP contribution is 2.22. The average molecular weight is 324 g/mol. The quantitative estimate of drug-likeness (QED) is 0.651. The maximum atomic E-state index is 12.0. The summed E-state index contributed by atoms with van der Waals surface area (Å²) < 4.78 is 0. The van der Waals surface area contributed by atoms with Gasteiger partial charge in [-0.25, -0.2) is 9.97 Å². The van der Waals surface area contributed by atoms with Gasteiger partial charge in [0, 0.05) is 17.6 Å². The Bertz CT molecular complexity index is 667. The lowest BCUT2D eigenvalue weighted by Crippen LogP contribution is -2.23. The first-order valence-corrected chi connectivity index (χ1v) is 8.20. The van der Waals surface area contributed by atoms with Crippen LogP contribution in [0.1, 0.15) is 32.4 Å². The number of H-pyrrole nitrogens is 1. The van der Waals surface area contributed by atoms with Crippen molar-refractivity contribution in [2.75, 3.05) is 5.32 Å². The molecule has 1 amide bonds. The van der Waals surface area contributed by atoms with Crippen LogP contribution in [0.4, 0.5) is 5.13 Å². The molecule has 2 heterocycles. The number of nitrogens with zero attached hydrogens (tertiary/aromatic N) is 2. The van der Waals surface area contributed by atoms with Crippen molar-refractivity contribution in [2.24, 2.45) is 0 Å². The molecule has 2 rings (SSSR count). The smallest absolute Gasteiger partial charge is 0.251 e. The number of aromatic amines is 1. The summed E-state index contributed by atoms with van der Waals surface area (Å²) in [4.78, 5) is 34.7. The van der Waals surface area contributed by atoms with Crippen molar-refractivity contribution in [3.63, 3.8) is 0 Å². The van der Waals surface area contributed by atoms with E-state index in [1.54, 1.807) is 18.5 Å². The number of carbonyl (C=O) groups is 1. The van der Waals surface area contributed by atoms with E-state index in [-0.39, 0.29) is 22.6 Å². The first-order chi connectivity index (χ1) is 9.95. The minimum Gasteiger partial charge on any atom is -0.301 e. The van der Waals surface area contributed by atoms with E-state index in [9.17, 15) is 9.59 Å². The number of thiazole rings is 1. The summed E-state index contributed by atoms with van der Waals surface area (Å²) in [6, 6.07) is 1.48. The Balaban J connectivity index is 2.06. The molecule has 6 nitrogen and oxygen atoms in total. The molecule has 112 valence electrons. The second-order valence-electron chi connectivity index (χ2n) is 4.72. The zero-order valence-corrected chi connectivity index (χ0v) is 13.5. The Morgan fingerprint density at radius 1 is 1.43 bits per heavy atom. The Morgan fingerprint density at radius 3 is 2.81 bits per heavy atom. The number of anilines is 1. The summed E-state index contributed by atoms with van der Waals surface area (Å²) in [6.07, 6.45) is 1.63. The molecule has 0 fully saturated rings. The van der Waals surface area contributed by atoms with Crippen molar-refractivity contribution in [1.82, 2.24) is 15.0 Å². The normalized spacial score (nSPS) is 12.4. The molecule has 0 aliphatic rings. The second kappa shape index (κ2) is 6.86. The number of hydrogen-bond acceptors (Lipinski definition) is 6. The molecule has 0 aromatic carbocycles. The minimum absolute atomic E-state index is 0.158. The van der Waals surface area contributed by atoms with Gasteiger partial charge in [0.2, 0.25) is 5.91 Å². The summed E-state index contributed by atoms with van der Waals surface area (Å²) >= 11 is 2.58. The number of aromatic nitrogens is 3. The Labute approximate surface area is 130 Å². The lowest BCUT2D eigenvalue weighted by Gasteiger charge is -2.11. The molecule has 0 spiro atoms. The third-order valence-electron chi connectivity index (χ3n) is 2.65. The topological polar surface area (TPSA) is 87.7 Å². The second-order valence-corrected chi connectivity index (χ2v) is 6.94. The summed E-state index contributed by atoms with van der Waals surface area (Å²) in [5.41, 5.74) is 0.512. The van der Waals surface area contributed by atoms with Crippen molar-refractivity contribution in [1.29, 1.82) is 0 Å².